The third-order valence-electron chi connectivity index (χ3n) is 4.80. The van der Waals surface area contributed by atoms with Gasteiger partial charge in [-0.15, -0.1) is 0 Å². The number of benzene rings is 2. The number of piperidine rings is 1. The fourth-order valence-corrected chi connectivity index (χ4v) is 3.37. The minimum atomic E-state index is -0.412. The Morgan fingerprint density at radius 3 is 2.86 bits per heavy atom. The van der Waals surface area contributed by atoms with Crippen LogP contribution in [0.4, 0.5) is 4.39 Å². The Kier molecular flexibility index (Phi) is 5.41. The van der Waals surface area contributed by atoms with E-state index in [1.807, 2.05) is 0 Å². The van der Waals surface area contributed by atoms with Crippen LogP contribution in [0.1, 0.15) is 35.0 Å². The lowest BCUT2D eigenvalue weighted by atomic mass is 9.97. The SMILES string of the molecule is COc1cccc(C(=O)N2CCC[C@H](c3nc(Oc4cccc(F)c4)no3)C2)c1. The number of rotatable bonds is 5. The van der Waals surface area contributed by atoms with Gasteiger partial charge in [0.2, 0.25) is 5.89 Å². The van der Waals surface area contributed by atoms with Gasteiger partial charge in [-0.3, -0.25) is 4.79 Å². The maximum absolute atomic E-state index is 13.3. The Morgan fingerprint density at radius 2 is 2.03 bits per heavy atom. The highest BCUT2D eigenvalue weighted by molar-refractivity contribution is 5.94. The van der Waals surface area contributed by atoms with E-state index in [0.29, 0.717) is 30.3 Å². The highest BCUT2D eigenvalue weighted by atomic mass is 19.1. The molecule has 1 atom stereocenters. The average Bonchev–Trinajstić information content (AvgIpc) is 3.22. The molecule has 0 radical (unpaired) electrons. The van der Waals surface area contributed by atoms with Crippen LogP contribution < -0.4 is 9.47 Å². The first kappa shape index (κ1) is 18.9. The van der Waals surface area contributed by atoms with Crippen molar-refractivity contribution >= 4 is 5.91 Å². The van der Waals surface area contributed by atoms with E-state index < -0.39 is 5.82 Å². The summed E-state index contributed by atoms with van der Waals surface area (Å²) in [6.45, 7) is 1.13. The summed E-state index contributed by atoms with van der Waals surface area (Å²) in [6, 6.07) is 12.8. The second-order valence-electron chi connectivity index (χ2n) is 6.80. The molecule has 0 N–H and O–H groups in total. The van der Waals surface area contributed by atoms with Crippen LogP contribution in [-0.2, 0) is 0 Å². The molecule has 1 aliphatic rings. The molecule has 1 fully saturated rings. The lowest BCUT2D eigenvalue weighted by molar-refractivity contribution is 0.0695. The molecule has 0 unspecified atom stereocenters. The number of aromatic nitrogens is 2. The molecule has 0 saturated carbocycles. The average molecular weight is 397 g/mol. The van der Waals surface area contributed by atoms with E-state index in [1.165, 1.54) is 18.2 Å². The Morgan fingerprint density at radius 1 is 1.21 bits per heavy atom. The van der Waals surface area contributed by atoms with Gasteiger partial charge in [0.05, 0.1) is 13.0 Å². The minimum absolute atomic E-state index is 0.0156. The Bertz CT molecular complexity index is 1010. The molecule has 29 heavy (non-hydrogen) atoms. The molecule has 3 aromatic rings. The van der Waals surface area contributed by atoms with Crippen molar-refractivity contribution in [3.05, 3.63) is 65.8 Å². The van der Waals surface area contributed by atoms with Crippen LogP contribution in [0.15, 0.2) is 53.1 Å². The first-order valence-corrected chi connectivity index (χ1v) is 9.33. The number of hydrogen-bond acceptors (Lipinski definition) is 6. The van der Waals surface area contributed by atoms with Crippen molar-refractivity contribution in [2.45, 2.75) is 18.8 Å². The molecule has 0 bridgehead atoms. The van der Waals surface area contributed by atoms with Crippen LogP contribution in [-0.4, -0.2) is 41.1 Å². The van der Waals surface area contributed by atoms with Gasteiger partial charge in [-0.2, -0.15) is 4.98 Å². The van der Waals surface area contributed by atoms with Gasteiger partial charge in [0, 0.05) is 24.7 Å². The summed E-state index contributed by atoms with van der Waals surface area (Å²) in [7, 11) is 1.57. The Hall–Kier alpha value is -3.42. The van der Waals surface area contributed by atoms with Gasteiger partial charge < -0.3 is 18.9 Å². The van der Waals surface area contributed by atoms with Crippen molar-refractivity contribution in [3.8, 4) is 17.5 Å². The van der Waals surface area contributed by atoms with E-state index in [-0.39, 0.29) is 23.6 Å². The monoisotopic (exact) mass is 397 g/mol. The molecule has 2 aromatic carbocycles. The molecule has 1 aliphatic heterocycles. The van der Waals surface area contributed by atoms with E-state index in [2.05, 4.69) is 10.1 Å². The summed E-state index contributed by atoms with van der Waals surface area (Å²) in [6.07, 6.45) is 1.65. The predicted molar refractivity (Wildman–Crippen MR) is 102 cm³/mol. The van der Waals surface area contributed by atoms with E-state index in [4.69, 9.17) is 14.0 Å². The summed E-state index contributed by atoms with van der Waals surface area (Å²) in [5.74, 6) is 0.765. The fraction of sp³-hybridized carbons (Fsp3) is 0.286. The third kappa shape index (κ3) is 4.37. The molecule has 8 heteroatoms. The normalized spacial score (nSPS) is 16.5. The highest BCUT2D eigenvalue weighted by Gasteiger charge is 2.29. The second-order valence-corrected chi connectivity index (χ2v) is 6.80. The van der Waals surface area contributed by atoms with E-state index in [0.717, 1.165) is 12.8 Å². The van der Waals surface area contributed by atoms with Crippen molar-refractivity contribution in [1.29, 1.82) is 0 Å². The molecule has 1 amide bonds. The molecule has 1 saturated heterocycles. The molecule has 0 aliphatic carbocycles. The van der Waals surface area contributed by atoms with Gasteiger partial charge >= 0.3 is 6.01 Å². The van der Waals surface area contributed by atoms with Gasteiger partial charge in [-0.05, 0) is 48.3 Å². The van der Waals surface area contributed by atoms with E-state index >= 15 is 0 Å². The largest absolute Gasteiger partial charge is 0.497 e. The van der Waals surface area contributed by atoms with Gasteiger partial charge in [-0.1, -0.05) is 12.1 Å². The van der Waals surface area contributed by atoms with Gasteiger partial charge in [-0.25, -0.2) is 4.39 Å². The molecular weight excluding hydrogens is 377 g/mol. The topological polar surface area (TPSA) is 77.7 Å². The summed E-state index contributed by atoms with van der Waals surface area (Å²) in [4.78, 5) is 18.9. The van der Waals surface area contributed by atoms with Crippen molar-refractivity contribution in [1.82, 2.24) is 15.0 Å². The molecule has 150 valence electrons. The summed E-state index contributed by atoms with van der Waals surface area (Å²) >= 11 is 0. The number of amides is 1. The van der Waals surface area contributed by atoms with Crippen LogP contribution in [0.5, 0.6) is 17.5 Å². The number of carbonyl (C=O) groups excluding carboxylic acids is 1. The number of carbonyl (C=O) groups is 1. The fourth-order valence-electron chi connectivity index (χ4n) is 3.37. The number of methoxy groups -OCH3 is 1. The number of likely N-dealkylation sites (tertiary alicyclic amines) is 1. The summed E-state index contributed by atoms with van der Waals surface area (Å²) in [5, 5.41) is 3.82. The van der Waals surface area contributed by atoms with Gasteiger partial charge in [0.25, 0.3) is 5.91 Å². The first-order chi connectivity index (χ1) is 14.1. The zero-order valence-corrected chi connectivity index (χ0v) is 15.9. The molecule has 7 nitrogen and oxygen atoms in total. The second kappa shape index (κ2) is 8.30. The molecule has 2 heterocycles. The Balaban J connectivity index is 1.44. The maximum atomic E-state index is 13.3. The zero-order valence-electron chi connectivity index (χ0n) is 15.9. The molecule has 0 spiro atoms. The first-order valence-electron chi connectivity index (χ1n) is 9.33. The number of nitrogens with zero attached hydrogens (tertiary/aromatic N) is 3. The predicted octanol–water partition coefficient (Wildman–Crippen LogP) is 4.03. The maximum Gasteiger partial charge on any atom is 0.359 e. The van der Waals surface area contributed by atoms with Crippen molar-refractivity contribution in [2.75, 3.05) is 20.2 Å². The zero-order chi connectivity index (χ0) is 20.2. The minimum Gasteiger partial charge on any atom is -0.497 e. The van der Waals surface area contributed by atoms with Gasteiger partial charge in [0.1, 0.15) is 17.3 Å². The number of halogens is 1. The van der Waals surface area contributed by atoms with Crippen LogP contribution in [0.3, 0.4) is 0 Å². The van der Waals surface area contributed by atoms with Crippen LogP contribution >= 0.6 is 0 Å². The molecule has 4 rings (SSSR count). The third-order valence-corrected chi connectivity index (χ3v) is 4.80. The smallest absolute Gasteiger partial charge is 0.359 e. The lowest BCUT2D eigenvalue weighted by Crippen LogP contribution is -2.39. The van der Waals surface area contributed by atoms with Crippen molar-refractivity contribution in [3.63, 3.8) is 0 Å². The molecule has 1 aromatic heterocycles. The standard InChI is InChI=1S/C21H20FN3O4/c1-27-17-8-2-5-14(11-17)20(26)25-10-4-6-15(13-25)19-23-21(24-29-19)28-18-9-3-7-16(22)12-18/h2-3,5,7-9,11-12,15H,4,6,10,13H2,1H3/t15-/m0/s1. The van der Waals surface area contributed by atoms with Gasteiger partial charge in [0.15, 0.2) is 0 Å². The van der Waals surface area contributed by atoms with Crippen molar-refractivity contribution < 1.29 is 23.2 Å². The molecular formula is C21H20FN3O4. The lowest BCUT2D eigenvalue weighted by Gasteiger charge is -2.31. The van der Waals surface area contributed by atoms with Crippen LogP contribution in [0.25, 0.3) is 0 Å². The van der Waals surface area contributed by atoms with Crippen LogP contribution in [0.2, 0.25) is 0 Å². The highest BCUT2D eigenvalue weighted by Crippen LogP contribution is 2.29. The van der Waals surface area contributed by atoms with E-state index in [9.17, 15) is 9.18 Å². The number of ether oxygens (including phenoxy) is 2. The van der Waals surface area contributed by atoms with Crippen molar-refractivity contribution in [2.24, 2.45) is 0 Å². The summed E-state index contributed by atoms with van der Waals surface area (Å²) in [5.41, 5.74) is 0.575. The quantitative estimate of drug-likeness (QED) is 0.647. The number of hydrogen-bond donors (Lipinski definition) is 0. The summed E-state index contributed by atoms with van der Waals surface area (Å²) < 4.78 is 29.3. The Labute approximate surface area is 167 Å². The van der Waals surface area contributed by atoms with E-state index in [1.54, 1.807) is 42.3 Å². The van der Waals surface area contributed by atoms with Crippen LogP contribution in [0, 0.1) is 5.82 Å².